The Morgan fingerprint density at radius 1 is 1.32 bits per heavy atom. The third kappa shape index (κ3) is 4.43. The molecule has 132 valence electrons. The summed E-state index contributed by atoms with van der Waals surface area (Å²) in [5, 5.41) is 14.5. The average Bonchev–Trinajstić information content (AvgIpc) is 3.04. The smallest absolute Gasteiger partial charge is 0.320 e. The number of amides is 1. The number of aliphatic carboxylic acids is 1. The van der Waals surface area contributed by atoms with Gasteiger partial charge >= 0.3 is 5.97 Å². The number of thiazole rings is 1. The highest BCUT2D eigenvalue weighted by atomic mass is 32.1. The summed E-state index contributed by atoms with van der Waals surface area (Å²) in [7, 11) is 0. The maximum atomic E-state index is 12.3. The predicted molar refractivity (Wildman–Crippen MR) is 97.8 cm³/mol. The number of carbonyl (C=O) groups is 2. The van der Waals surface area contributed by atoms with Crippen LogP contribution in [-0.4, -0.2) is 46.0 Å². The molecule has 1 aromatic carbocycles. The Hall–Kier alpha value is -2.25. The first-order chi connectivity index (χ1) is 12.0. The van der Waals surface area contributed by atoms with Gasteiger partial charge < -0.3 is 10.4 Å². The molecule has 0 aliphatic carbocycles. The van der Waals surface area contributed by atoms with E-state index in [9.17, 15) is 14.7 Å². The van der Waals surface area contributed by atoms with Crippen molar-refractivity contribution in [2.75, 3.05) is 18.4 Å². The molecule has 1 amide bonds. The van der Waals surface area contributed by atoms with Gasteiger partial charge in [0.25, 0.3) is 0 Å². The zero-order valence-corrected chi connectivity index (χ0v) is 14.9. The minimum absolute atomic E-state index is 0.0798. The number of benzene rings is 1. The number of likely N-dealkylation sites (tertiary alicyclic amines) is 1. The molecule has 2 N–H and O–H groups in total. The molecule has 0 radical (unpaired) electrons. The Morgan fingerprint density at radius 2 is 2.08 bits per heavy atom. The van der Waals surface area contributed by atoms with Gasteiger partial charge in [-0.3, -0.25) is 14.5 Å². The Labute approximate surface area is 150 Å². The number of carbonyl (C=O) groups excluding carboxylic acids is 1. The minimum Gasteiger partial charge on any atom is -0.480 e. The van der Waals surface area contributed by atoms with Crippen LogP contribution < -0.4 is 5.32 Å². The van der Waals surface area contributed by atoms with Gasteiger partial charge in [-0.1, -0.05) is 36.2 Å². The van der Waals surface area contributed by atoms with Gasteiger partial charge in [0, 0.05) is 10.9 Å². The second-order valence-electron chi connectivity index (χ2n) is 6.27. The standard InChI is InChI=1S/C18H21N3O3S/c1-12-5-7-13(8-6-12)14-11-25-18(19-14)20-16(22)10-21-9-3-2-4-15(21)17(23)24/h5-8,11,15H,2-4,9-10H2,1H3,(H,23,24)(H,19,20,22). The average molecular weight is 359 g/mol. The van der Waals surface area contributed by atoms with Crippen molar-refractivity contribution in [3.8, 4) is 11.3 Å². The Morgan fingerprint density at radius 3 is 2.80 bits per heavy atom. The molecule has 3 rings (SSSR count). The predicted octanol–water partition coefficient (Wildman–Crippen LogP) is 3.00. The fourth-order valence-electron chi connectivity index (χ4n) is 2.99. The number of piperidine rings is 1. The summed E-state index contributed by atoms with van der Waals surface area (Å²) in [5.74, 6) is -1.08. The lowest BCUT2D eigenvalue weighted by Gasteiger charge is -2.31. The van der Waals surface area contributed by atoms with Crippen molar-refractivity contribution >= 4 is 28.3 Å². The normalized spacial score (nSPS) is 18.0. The van der Waals surface area contributed by atoms with Gasteiger partial charge in [-0.2, -0.15) is 0 Å². The summed E-state index contributed by atoms with van der Waals surface area (Å²) in [5.41, 5.74) is 3.01. The SMILES string of the molecule is Cc1ccc(-c2csc(NC(=O)CN3CCCCC3C(=O)O)n2)cc1. The van der Waals surface area contributed by atoms with Crippen molar-refractivity contribution in [3.05, 3.63) is 35.2 Å². The van der Waals surface area contributed by atoms with E-state index in [0.29, 0.717) is 18.1 Å². The number of nitrogens with zero attached hydrogens (tertiary/aromatic N) is 2. The number of hydrogen-bond acceptors (Lipinski definition) is 5. The molecule has 0 saturated carbocycles. The van der Waals surface area contributed by atoms with Crippen molar-refractivity contribution in [1.82, 2.24) is 9.88 Å². The molecule has 2 heterocycles. The van der Waals surface area contributed by atoms with E-state index in [1.54, 1.807) is 4.90 Å². The molecular weight excluding hydrogens is 338 g/mol. The summed E-state index contributed by atoms with van der Waals surface area (Å²) in [6, 6.07) is 7.48. The molecule has 1 aromatic heterocycles. The largest absolute Gasteiger partial charge is 0.480 e. The van der Waals surface area contributed by atoms with E-state index in [1.807, 2.05) is 36.6 Å². The first-order valence-electron chi connectivity index (χ1n) is 8.32. The number of rotatable bonds is 5. The van der Waals surface area contributed by atoms with E-state index in [2.05, 4.69) is 10.3 Å². The van der Waals surface area contributed by atoms with Crippen molar-refractivity contribution in [3.63, 3.8) is 0 Å². The fraction of sp³-hybridized carbons (Fsp3) is 0.389. The number of carboxylic acid groups (broad SMARTS) is 1. The van der Waals surface area contributed by atoms with Crippen LogP contribution >= 0.6 is 11.3 Å². The molecular formula is C18H21N3O3S. The van der Waals surface area contributed by atoms with Crippen LogP contribution in [0.15, 0.2) is 29.6 Å². The number of aryl methyl sites for hydroxylation is 1. The van der Waals surface area contributed by atoms with Crippen molar-refractivity contribution < 1.29 is 14.7 Å². The lowest BCUT2D eigenvalue weighted by Crippen LogP contribution is -2.47. The maximum absolute atomic E-state index is 12.3. The number of hydrogen-bond donors (Lipinski definition) is 2. The summed E-state index contributed by atoms with van der Waals surface area (Å²) >= 11 is 1.37. The summed E-state index contributed by atoms with van der Waals surface area (Å²) in [6.45, 7) is 2.74. The second-order valence-corrected chi connectivity index (χ2v) is 7.13. The zero-order chi connectivity index (χ0) is 17.8. The minimum atomic E-state index is -0.858. The molecule has 0 spiro atoms. The number of aromatic nitrogens is 1. The zero-order valence-electron chi connectivity index (χ0n) is 14.1. The molecule has 1 aliphatic heterocycles. The van der Waals surface area contributed by atoms with Crippen LogP contribution in [0.5, 0.6) is 0 Å². The highest BCUT2D eigenvalue weighted by molar-refractivity contribution is 7.14. The molecule has 0 bridgehead atoms. The molecule has 2 aromatic rings. The van der Waals surface area contributed by atoms with Crippen LogP contribution in [0.4, 0.5) is 5.13 Å². The summed E-state index contributed by atoms with van der Waals surface area (Å²) in [4.78, 5) is 29.7. The third-order valence-corrected chi connectivity index (χ3v) is 5.10. The molecule has 6 nitrogen and oxygen atoms in total. The van der Waals surface area contributed by atoms with Gasteiger partial charge in [-0.05, 0) is 26.3 Å². The Kier molecular flexibility index (Phi) is 5.45. The molecule has 1 unspecified atom stereocenters. The second kappa shape index (κ2) is 7.76. The van der Waals surface area contributed by atoms with Gasteiger partial charge in [0.15, 0.2) is 5.13 Å². The van der Waals surface area contributed by atoms with Crippen LogP contribution in [0.3, 0.4) is 0 Å². The van der Waals surface area contributed by atoms with Gasteiger partial charge in [0.05, 0.1) is 12.2 Å². The van der Waals surface area contributed by atoms with Crippen LogP contribution in [0.25, 0.3) is 11.3 Å². The van der Waals surface area contributed by atoms with Crippen molar-refractivity contribution in [2.24, 2.45) is 0 Å². The van der Waals surface area contributed by atoms with Crippen LogP contribution in [0.2, 0.25) is 0 Å². The first-order valence-corrected chi connectivity index (χ1v) is 9.20. The Bertz CT molecular complexity index is 757. The van der Waals surface area contributed by atoms with E-state index in [-0.39, 0.29) is 12.5 Å². The number of anilines is 1. The molecule has 1 aliphatic rings. The van der Waals surface area contributed by atoms with Crippen LogP contribution in [0.1, 0.15) is 24.8 Å². The summed E-state index contributed by atoms with van der Waals surface area (Å²) in [6.07, 6.45) is 2.41. The highest BCUT2D eigenvalue weighted by Crippen LogP contribution is 2.25. The lowest BCUT2D eigenvalue weighted by molar-refractivity contribution is -0.145. The van der Waals surface area contributed by atoms with Crippen LogP contribution in [-0.2, 0) is 9.59 Å². The molecule has 1 fully saturated rings. The van der Waals surface area contributed by atoms with Gasteiger partial charge in [0.1, 0.15) is 6.04 Å². The fourth-order valence-corrected chi connectivity index (χ4v) is 3.73. The first kappa shape index (κ1) is 17.6. The highest BCUT2D eigenvalue weighted by Gasteiger charge is 2.29. The monoisotopic (exact) mass is 359 g/mol. The van der Waals surface area contributed by atoms with E-state index >= 15 is 0 Å². The van der Waals surface area contributed by atoms with Gasteiger partial charge in [-0.25, -0.2) is 4.98 Å². The lowest BCUT2D eigenvalue weighted by atomic mass is 10.0. The molecule has 7 heteroatoms. The maximum Gasteiger partial charge on any atom is 0.320 e. The molecule has 25 heavy (non-hydrogen) atoms. The van der Waals surface area contributed by atoms with Crippen molar-refractivity contribution in [2.45, 2.75) is 32.2 Å². The Balaban J connectivity index is 1.61. The van der Waals surface area contributed by atoms with E-state index < -0.39 is 12.0 Å². The number of carboxylic acids is 1. The van der Waals surface area contributed by atoms with Gasteiger partial charge in [0.2, 0.25) is 5.91 Å². The van der Waals surface area contributed by atoms with E-state index in [4.69, 9.17) is 0 Å². The summed E-state index contributed by atoms with van der Waals surface area (Å²) < 4.78 is 0. The van der Waals surface area contributed by atoms with Crippen LogP contribution in [0, 0.1) is 6.92 Å². The van der Waals surface area contributed by atoms with Crippen molar-refractivity contribution in [1.29, 1.82) is 0 Å². The quantitative estimate of drug-likeness (QED) is 0.857. The third-order valence-electron chi connectivity index (χ3n) is 4.34. The van der Waals surface area contributed by atoms with Gasteiger partial charge in [-0.15, -0.1) is 11.3 Å². The topological polar surface area (TPSA) is 82.5 Å². The van der Waals surface area contributed by atoms with E-state index in [0.717, 1.165) is 24.1 Å². The number of nitrogens with one attached hydrogen (secondary N) is 1. The molecule has 1 saturated heterocycles. The molecule has 1 atom stereocenters. The van der Waals surface area contributed by atoms with E-state index in [1.165, 1.54) is 16.9 Å².